The van der Waals surface area contributed by atoms with Gasteiger partial charge < -0.3 is 25.4 Å². The lowest BCUT2D eigenvalue weighted by Crippen LogP contribution is -2.30. The number of amides is 3. The zero-order valence-electron chi connectivity index (χ0n) is 30.1. The Labute approximate surface area is 323 Å². The largest absolute Gasteiger partial charge is 0.489 e. The maximum absolute atomic E-state index is 13.7. The molecule has 0 bridgehead atoms. The van der Waals surface area contributed by atoms with Gasteiger partial charge in [0.1, 0.15) is 23.1 Å². The third-order valence-corrected chi connectivity index (χ3v) is 11.1. The molecule has 0 spiro atoms. The summed E-state index contributed by atoms with van der Waals surface area (Å²) in [6.07, 6.45) is 6.43. The number of carbonyl (C=O) groups excluding carboxylic acids is 4. The fourth-order valence-electron chi connectivity index (χ4n) is 5.98. The summed E-state index contributed by atoms with van der Waals surface area (Å²) in [6.45, 7) is 2.21. The highest BCUT2D eigenvalue weighted by molar-refractivity contribution is 8.00. The fourth-order valence-corrected chi connectivity index (χ4v) is 8.18. The van der Waals surface area contributed by atoms with Crippen molar-refractivity contribution in [3.05, 3.63) is 148 Å². The number of methoxy groups -OCH3 is 1. The van der Waals surface area contributed by atoms with Gasteiger partial charge in [0, 0.05) is 21.0 Å². The molecule has 1 atom stereocenters. The third kappa shape index (κ3) is 10.1. The molecule has 1 aliphatic carbocycles. The predicted octanol–water partition coefficient (Wildman–Crippen LogP) is 8.91. The Hall–Kier alpha value is -5.65. The number of benzene rings is 4. The van der Waals surface area contributed by atoms with Gasteiger partial charge in [-0.3, -0.25) is 14.4 Å². The zero-order valence-corrected chi connectivity index (χ0v) is 31.7. The monoisotopic (exact) mass is 759 g/mol. The molecule has 0 saturated carbocycles. The summed E-state index contributed by atoms with van der Waals surface area (Å²) in [4.78, 5) is 55.0. The topological polar surface area (TPSA) is 123 Å². The Morgan fingerprint density at radius 1 is 0.833 bits per heavy atom. The molecule has 54 heavy (non-hydrogen) atoms. The zero-order chi connectivity index (χ0) is 37.9. The number of carbonyl (C=O) groups is 4. The van der Waals surface area contributed by atoms with Crippen molar-refractivity contribution in [3.63, 3.8) is 0 Å². The van der Waals surface area contributed by atoms with Crippen LogP contribution in [0.4, 0.5) is 10.7 Å². The van der Waals surface area contributed by atoms with Gasteiger partial charge in [-0.1, -0.05) is 73.2 Å². The van der Waals surface area contributed by atoms with Gasteiger partial charge >= 0.3 is 5.97 Å². The smallest absolute Gasteiger partial charge is 0.341 e. The molecule has 9 nitrogen and oxygen atoms in total. The van der Waals surface area contributed by atoms with Gasteiger partial charge in [-0.15, -0.1) is 23.1 Å². The van der Waals surface area contributed by atoms with Gasteiger partial charge in [-0.2, -0.15) is 0 Å². The first-order valence-electron chi connectivity index (χ1n) is 17.7. The number of ether oxygens (including phenoxy) is 2. The van der Waals surface area contributed by atoms with E-state index in [1.54, 1.807) is 55.5 Å². The number of aryl methyl sites for hydroxylation is 1. The maximum atomic E-state index is 13.7. The second-order valence-corrected chi connectivity index (χ2v) is 15.2. The molecule has 1 heterocycles. The van der Waals surface area contributed by atoms with E-state index in [0.29, 0.717) is 39.7 Å². The summed E-state index contributed by atoms with van der Waals surface area (Å²) in [5, 5.41) is 8.67. The van der Waals surface area contributed by atoms with E-state index in [1.165, 1.54) is 30.2 Å². The number of rotatable bonds is 13. The lowest BCUT2D eigenvalue weighted by molar-refractivity contribution is -0.115. The van der Waals surface area contributed by atoms with Crippen LogP contribution in [0.15, 0.2) is 120 Å². The van der Waals surface area contributed by atoms with Crippen LogP contribution in [0.25, 0.3) is 6.08 Å². The lowest BCUT2D eigenvalue weighted by Gasteiger charge is -2.14. The van der Waals surface area contributed by atoms with Crippen LogP contribution in [-0.2, 0) is 33.8 Å². The van der Waals surface area contributed by atoms with E-state index in [4.69, 9.17) is 9.47 Å². The molecule has 1 unspecified atom stereocenters. The van der Waals surface area contributed by atoms with E-state index in [9.17, 15) is 19.2 Å². The molecule has 0 fully saturated rings. The van der Waals surface area contributed by atoms with Crippen LogP contribution in [0.2, 0.25) is 0 Å². The van der Waals surface area contributed by atoms with Crippen molar-refractivity contribution in [2.75, 3.05) is 17.7 Å². The van der Waals surface area contributed by atoms with Crippen molar-refractivity contribution in [2.24, 2.45) is 0 Å². The molecule has 11 heteroatoms. The Morgan fingerprint density at radius 2 is 1.56 bits per heavy atom. The number of thiophene rings is 1. The van der Waals surface area contributed by atoms with Gasteiger partial charge in [0.2, 0.25) is 5.91 Å². The molecule has 1 aliphatic rings. The number of hydrogen-bond donors (Lipinski definition) is 3. The predicted molar refractivity (Wildman–Crippen MR) is 215 cm³/mol. The van der Waals surface area contributed by atoms with Crippen molar-refractivity contribution in [3.8, 4) is 5.75 Å². The van der Waals surface area contributed by atoms with Crippen LogP contribution in [0.1, 0.15) is 68.5 Å². The van der Waals surface area contributed by atoms with Gasteiger partial charge in [-0.25, -0.2) is 4.79 Å². The van der Waals surface area contributed by atoms with Crippen LogP contribution >= 0.6 is 23.1 Å². The maximum Gasteiger partial charge on any atom is 0.341 e. The molecule has 5 aromatic rings. The van der Waals surface area contributed by atoms with E-state index in [2.05, 4.69) is 16.0 Å². The molecule has 0 aliphatic heterocycles. The Kier molecular flexibility index (Phi) is 13.0. The Bertz CT molecular complexity index is 2130. The third-order valence-electron chi connectivity index (χ3n) is 8.79. The summed E-state index contributed by atoms with van der Waals surface area (Å²) in [5.41, 5.74) is 4.11. The lowest BCUT2D eigenvalue weighted by atomic mass is 10.1. The highest BCUT2D eigenvalue weighted by atomic mass is 32.2. The summed E-state index contributed by atoms with van der Waals surface area (Å²) in [5.74, 6) is -0.972. The molecule has 3 N–H and O–H groups in total. The highest BCUT2D eigenvalue weighted by Gasteiger charge is 2.27. The first-order chi connectivity index (χ1) is 26.3. The quantitative estimate of drug-likeness (QED) is 0.0474. The highest BCUT2D eigenvalue weighted by Crippen LogP contribution is 2.38. The summed E-state index contributed by atoms with van der Waals surface area (Å²) >= 11 is 2.78. The van der Waals surface area contributed by atoms with Crippen molar-refractivity contribution < 1.29 is 28.7 Å². The Balaban J connectivity index is 1.14. The number of thioether (sulfide) groups is 1. The van der Waals surface area contributed by atoms with Gasteiger partial charge in [0.15, 0.2) is 0 Å². The fraction of sp³-hybridized carbons (Fsp3) is 0.209. The molecular weight excluding hydrogens is 719 g/mol. The van der Waals surface area contributed by atoms with E-state index < -0.39 is 23.0 Å². The standard InChI is InChI=1S/C43H41N3O6S2/c1-28(39(47)46-42-38(43(50)51-2)35-19-10-5-11-20-37(35)54-42)53-34-18-12-17-32(26-34)44-41(49)36(45-40(48)31-15-8-4-9-16-31)25-29-21-23-33(24-22-29)52-27-30-13-6-3-7-14-30/h3-4,6-9,12-18,21-26,28H,5,10-11,19-20,27H2,1-2H3,(H,44,49)(H,45,48)(H,46,47)/b36-25+. The van der Waals surface area contributed by atoms with Crippen molar-refractivity contribution in [1.82, 2.24) is 5.32 Å². The molecule has 1 aromatic heterocycles. The van der Waals surface area contributed by atoms with Crippen molar-refractivity contribution in [1.29, 1.82) is 0 Å². The molecule has 276 valence electrons. The van der Waals surface area contributed by atoms with E-state index in [-0.39, 0.29) is 11.6 Å². The van der Waals surface area contributed by atoms with Crippen LogP contribution < -0.4 is 20.7 Å². The number of anilines is 2. The SMILES string of the molecule is COC(=O)c1c(NC(=O)C(C)Sc2cccc(NC(=O)/C(=C\c3ccc(OCc4ccccc4)cc3)NC(=O)c3ccccc3)c2)sc2c1CCCCC2. The minimum atomic E-state index is -0.524. The summed E-state index contributed by atoms with van der Waals surface area (Å²) in [7, 11) is 1.36. The molecule has 6 rings (SSSR count). The van der Waals surface area contributed by atoms with E-state index in [0.717, 1.165) is 53.0 Å². The normalized spacial score (nSPS) is 13.1. The first-order valence-corrected chi connectivity index (χ1v) is 19.4. The first kappa shape index (κ1) is 38.1. The van der Waals surface area contributed by atoms with Crippen molar-refractivity contribution >= 4 is 63.6 Å². The van der Waals surface area contributed by atoms with Gasteiger partial charge in [-0.05, 0) is 97.8 Å². The summed E-state index contributed by atoms with van der Waals surface area (Å²) in [6, 6.07) is 32.9. The van der Waals surface area contributed by atoms with Crippen LogP contribution in [0.3, 0.4) is 0 Å². The second kappa shape index (κ2) is 18.4. The van der Waals surface area contributed by atoms with E-state index >= 15 is 0 Å². The van der Waals surface area contributed by atoms with Crippen LogP contribution in [0, 0.1) is 0 Å². The number of esters is 1. The van der Waals surface area contributed by atoms with Crippen LogP contribution in [-0.4, -0.2) is 36.1 Å². The average Bonchev–Trinajstić information content (AvgIpc) is 3.36. The molecule has 0 radical (unpaired) electrons. The minimum Gasteiger partial charge on any atom is -0.489 e. The number of hydrogen-bond acceptors (Lipinski definition) is 8. The Morgan fingerprint density at radius 3 is 2.30 bits per heavy atom. The second-order valence-electron chi connectivity index (χ2n) is 12.7. The molecular formula is C43H41N3O6S2. The molecule has 0 saturated heterocycles. The summed E-state index contributed by atoms with van der Waals surface area (Å²) < 4.78 is 11.0. The number of nitrogens with one attached hydrogen (secondary N) is 3. The average molecular weight is 760 g/mol. The number of fused-ring (bicyclic) bond motifs is 1. The van der Waals surface area contributed by atoms with E-state index in [1.807, 2.05) is 66.7 Å². The molecule has 4 aromatic carbocycles. The van der Waals surface area contributed by atoms with Gasteiger partial charge in [0.25, 0.3) is 11.8 Å². The van der Waals surface area contributed by atoms with Gasteiger partial charge in [0.05, 0.1) is 17.9 Å². The van der Waals surface area contributed by atoms with Crippen LogP contribution in [0.5, 0.6) is 5.75 Å². The molecule has 3 amide bonds. The minimum absolute atomic E-state index is 0.0448. The van der Waals surface area contributed by atoms with Crippen molar-refractivity contribution in [2.45, 2.75) is 55.8 Å².